The Bertz CT molecular complexity index is 1060. The SMILES string of the molecule is Cc1ccccc1CNC(=O)CN1CC=C(c2cnn(-c3ccc(F)cc3)c2)CC1. The number of benzene rings is 2. The lowest BCUT2D eigenvalue weighted by Crippen LogP contribution is -2.39. The van der Waals surface area contributed by atoms with Crippen LogP contribution in [0.3, 0.4) is 0 Å². The summed E-state index contributed by atoms with van der Waals surface area (Å²) in [5.74, 6) is -0.219. The Labute approximate surface area is 175 Å². The second-order valence-electron chi connectivity index (χ2n) is 7.57. The summed E-state index contributed by atoms with van der Waals surface area (Å²) in [6, 6.07) is 14.4. The van der Waals surface area contributed by atoms with E-state index in [-0.39, 0.29) is 11.7 Å². The predicted molar refractivity (Wildman–Crippen MR) is 116 cm³/mol. The number of rotatable bonds is 6. The van der Waals surface area contributed by atoms with Crippen LogP contribution in [0.15, 0.2) is 67.0 Å². The lowest BCUT2D eigenvalue weighted by Gasteiger charge is -2.25. The zero-order valence-electron chi connectivity index (χ0n) is 17.0. The van der Waals surface area contributed by atoms with E-state index in [2.05, 4.69) is 34.4 Å². The van der Waals surface area contributed by atoms with Gasteiger partial charge in [0.25, 0.3) is 0 Å². The minimum absolute atomic E-state index is 0.0410. The minimum atomic E-state index is -0.260. The maximum atomic E-state index is 13.1. The van der Waals surface area contributed by atoms with Gasteiger partial charge in [-0.2, -0.15) is 5.10 Å². The standard InChI is InChI=1S/C24H25FN4O/c1-18-4-2-3-5-20(18)14-26-24(30)17-28-12-10-19(11-13-28)21-15-27-29(16-21)23-8-6-22(25)7-9-23/h2-10,15-16H,11-14,17H2,1H3,(H,26,30). The molecule has 2 aromatic carbocycles. The molecule has 6 heteroatoms. The van der Waals surface area contributed by atoms with Crippen LogP contribution in [0.25, 0.3) is 11.3 Å². The van der Waals surface area contributed by atoms with Crippen molar-refractivity contribution < 1.29 is 9.18 Å². The van der Waals surface area contributed by atoms with Crippen LogP contribution in [0.4, 0.5) is 4.39 Å². The Kier molecular flexibility index (Phi) is 6.05. The molecular weight excluding hydrogens is 379 g/mol. The highest BCUT2D eigenvalue weighted by atomic mass is 19.1. The zero-order valence-corrected chi connectivity index (χ0v) is 17.0. The lowest BCUT2D eigenvalue weighted by molar-refractivity contribution is -0.122. The van der Waals surface area contributed by atoms with Gasteiger partial charge in [0.15, 0.2) is 0 Å². The summed E-state index contributed by atoms with van der Waals surface area (Å²) >= 11 is 0. The molecule has 30 heavy (non-hydrogen) atoms. The molecule has 1 aliphatic rings. The normalized spacial score (nSPS) is 14.4. The van der Waals surface area contributed by atoms with Crippen molar-refractivity contribution in [1.82, 2.24) is 20.0 Å². The topological polar surface area (TPSA) is 50.2 Å². The Morgan fingerprint density at radius 3 is 2.70 bits per heavy atom. The van der Waals surface area contributed by atoms with Gasteiger partial charge in [-0.15, -0.1) is 0 Å². The highest BCUT2D eigenvalue weighted by Crippen LogP contribution is 2.23. The molecule has 1 amide bonds. The molecule has 1 N–H and O–H groups in total. The Morgan fingerprint density at radius 2 is 1.97 bits per heavy atom. The first-order chi connectivity index (χ1) is 14.6. The quantitative estimate of drug-likeness (QED) is 0.681. The molecule has 0 spiro atoms. The van der Waals surface area contributed by atoms with Gasteiger partial charge in [-0.05, 0) is 54.3 Å². The fourth-order valence-corrected chi connectivity index (χ4v) is 3.60. The summed E-state index contributed by atoms with van der Waals surface area (Å²) in [7, 11) is 0. The van der Waals surface area contributed by atoms with Crippen LogP contribution in [0.5, 0.6) is 0 Å². The Hall–Kier alpha value is -3.25. The molecule has 5 nitrogen and oxygen atoms in total. The molecule has 2 heterocycles. The molecule has 4 rings (SSSR count). The number of hydrogen-bond acceptors (Lipinski definition) is 3. The summed E-state index contributed by atoms with van der Waals surface area (Å²) < 4.78 is 14.9. The summed E-state index contributed by atoms with van der Waals surface area (Å²) in [6.45, 7) is 4.56. The molecule has 0 saturated carbocycles. The van der Waals surface area contributed by atoms with E-state index < -0.39 is 0 Å². The van der Waals surface area contributed by atoms with Crippen LogP contribution in [0.2, 0.25) is 0 Å². The first-order valence-electron chi connectivity index (χ1n) is 10.1. The summed E-state index contributed by atoms with van der Waals surface area (Å²) in [6.07, 6.45) is 6.81. The van der Waals surface area contributed by atoms with Crippen molar-refractivity contribution in [2.75, 3.05) is 19.6 Å². The van der Waals surface area contributed by atoms with Crippen LogP contribution >= 0.6 is 0 Å². The number of carbonyl (C=O) groups is 1. The second-order valence-corrected chi connectivity index (χ2v) is 7.57. The van der Waals surface area contributed by atoms with Crippen molar-refractivity contribution in [2.24, 2.45) is 0 Å². The number of carbonyl (C=O) groups excluding carboxylic acids is 1. The molecule has 1 aliphatic heterocycles. The fourth-order valence-electron chi connectivity index (χ4n) is 3.60. The predicted octanol–water partition coefficient (Wildman–Crippen LogP) is 3.73. The second kappa shape index (κ2) is 9.05. The summed E-state index contributed by atoms with van der Waals surface area (Å²) in [5, 5.41) is 7.41. The molecular formula is C24H25FN4O. The molecule has 0 saturated heterocycles. The van der Waals surface area contributed by atoms with Crippen molar-refractivity contribution >= 4 is 11.5 Å². The highest BCUT2D eigenvalue weighted by molar-refractivity contribution is 5.78. The van der Waals surface area contributed by atoms with Gasteiger partial charge in [-0.25, -0.2) is 9.07 Å². The number of aromatic nitrogens is 2. The molecule has 154 valence electrons. The smallest absolute Gasteiger partial charge is 0.234 e. The van der Waals surface area contributed by atoms with Crippen molar-refractivity contribution in [3.05, 3.63) is 89.5 Å². The van der Waals surface area contributed by atoms with Gasteiger partial charge < -0.3 is 5.32 Å². The van der Waals surface area contributed by atoms with Crippen molar-refractivity contribution in [2.45, 2.75) is 19.9 Å². The zero-order chi connectivity index (χ0) is 20.9. The third-order valence-corrected chi connectivity index (χ3v) is 5.44. The van der Waals surface area contributed by atoms with E-state index in [1.54, 1.807) is 16.8 Å². The molecule has 1 aromatic heterocycles. The van der Waals surface area contributed by atoms with E-state index in [4.69, 9.17) is 0 Å². The largest absolute Gasteiger partial charge is 0.351 e. The average molecular weight is 404 g/mol. The number of halogens is 1. The van der Waals surface area contributed by atoms with Gasteiger partial charge in [0.05, 0.1) is 18.4 Å². The minimum Gasteiger partial charge on any atom is -0.351 e. The maximum Gasteiger partial charge on any atom is 0.234 e. The number of nitrogens with zero attached hydrogens (tertiary/aromatic N) is 3. The van der Waals surface area contributed by atoms with Gasteiger partial charge >= 0.3 is 0 Å². The Balaban J connectivity index is 1.30. The molecule has 3 aromatic rings. The van der Waals surface area contributed by atoms with Gasteiger partial charge in [0.1, 0.15) is 5.82 Å². The number of nitrogens with one attached hydrogen (secondary N) is 1. The number of aryl methyl sites for hydroxylation is 1. The summed E-state index contributed by atoms with van der Waals surface area (Å²) in [4.78, 5) is 14.5. The molecule has 0 bridgehead atoms. The van der Waals surface area contributed by atoms with Crippen molar-refractivity contribution in [1.29, 1.82) is 0 Å². The first kappa shape index (κ1) is 20.0. The van der Waals surface area contributed by atoms with E-state index in [9.17, 15) is 9.18 Å². The van der Waals surface area contributed by atoms with Gasteiger partial charge in [0.2, 0.25) is 5.91 Å². The number of hydrogen-bond donors (Lipinski definition) is 1. The van der Waals surface area contributed by atoms with E-state index in [1.807, 2.05) is 30.6 Å². The lowest BCUT2D eigenvalue weighted by atomic mass is 10.0. The molecule has 0 fully saturated rings. The summed E-state index contributed by atoms with van der Waals surface area (Å²) in [5.41, 5.74) is 5.43. The van der Waals surface area contributed by atoms with Crippen LogP contribution in [-0.4, -0.2) is 40.2 Å². The molecule has 0 atom stereocenters. The first-order valence-corrected chi connectivity index (χ1v) is 10.1. The Morgan fingerprint density at radius 1 is 1.17 bits per heavy atom. The molecule has 0 aliphatic carbocycles. The molecule has 0 radical (unpaired) electrons. The highest BCUT2D eigenvalue weighted by Gasteiger charge is 2.17. The average Bonchev–Trinajstić information content (AvgIpc) is 3.24. The molecule has 0 unspecified atom stereocenters. The monoisotopic (exact) mass is 404 g/mol. The van der Waals surface area contributed by atoms with E-state index in [0.29, 0.717) is 13.1 Å². The van der Waals surface area contributed by atoms with Crippen LogP contribution < -0.4 is 5.32 Å². The third-order valence-electron chi connectivity index (χ3n) is 5.44. The van der Waals surface area contributed by atoms with Crippen LogP contribution in [-0.2, 0) is 11.3 Å². The third kappa shape index (κ3) is 4.83. The van der Waals surface area contributed by atoms with Crippen molar-refractivity contribution in [3.8, 4) is 5.69 Å². The van der Waals surface area contributed by atoms with Crippen LogP contribution in [0.1, 0.15) is 23.1 Å². The van der Waals surface area contributed by atoms with Crippen LogP contribution in [0, 0.1) is 12.7 Å². The van der Waals surface area contributed by atoms with Gasteiger partial charge in [-0.3, -0.25) is 9.69 Å². The van der Waals surface area contributed by atoms with E-state index in [0.717, 1.165) is 36.3 Å². The van der Waals surface area contributed by atoms with Gasteiger partial charge in [-0.1, -0.05) is 30.3 Å². The van der Waals surface area contributed by atoms with E-state index >= 15 is 0 Å². The van der Waals surface area contributed by atoms with Gasteiger partial charge in [0, 0.05) is 31.4 Å². The fraction of sp³-hybridized carbons (Fsp3) is 0.250. The van der Waals surface area contributed by atoms with E-state index in [1.165, 1.54) is 23.3 Å². The van der Waals surface area contributed by atoms with Crippen molar-refractivity contribution in [3.63, 3.8) is 0 Å². The number of amides is 1. The maximum absolute atomic E-state index is 13.1.